The molecule has 0 saturated carbocycles. The first-order valence-electron chi connectivity index (χ1n) is 8.86. The molecule has 1 fully saturated rings. The summed E-state index contributed by atoms with van der Waals surface area (Å²) >= 11 is 0. The van der Waals surface area contributed by atoms with Gasteiger partial charge in [-0.15, -0.1) is 0 Å². The molecule has 2 rings (SSSR count). The zero-order valence-electron chi connectivity index (χ0n) is 15.6. The standard InChI is InChI=1S/C19H28N2O4/c1-5-9-20(10-6-2)19(23)14-11-18(22)21(13-14)16-8-7-15(24-3)12-17(16)25-4/h7-8,12,14H,5-6,9-11,13H2,1-4H3. The first-order valence-corrected chi connectivity index (χ1v) is 8.86. The van der Waals surface area contributed by atoms with Gasteiger partial charge in [-0.2, -0.15) is 0 Å². The highest BCUT2D eigenvalue weighted by Gasteiger charge is 2.37. The largest absolute Gasteiger partial charge is 0.497 e. The first kappa shape index (κ1) is 19.1. The van der Waals surface area contributed by atoms with E-state index in [4.69, 9.17) is 9.47 Å². The summed E-state index contributed by atoms with van der Waals surface area (Å²) in [4.78, 5) is 28.8. The summed E-state index contributed by atoms with van der Waals surface area (Å²) in [5, 5.41) is 0. The van der Waals surface area contributed by atoms with Gasteiger partial charge >= 0.3 is 0 Å². The maximum Gasteiger partial charge on any atom is 0.228 e. The Hall–Kier alpha value is -2.24. The zero-order valence-corrected chi connectivity index (χ0v) is 15.6. The van der Waals surface area contributed by atoms with Gasteiger partial charge in [-0.1, -0.05) is 13.8 Å². The molecule has 6 nitrogen and oxygen atoms in total. The number of rotatable bonds is 8. The molecule has 1 saturated heterocycles. The summed E-state index contributed by atoms with van der Waals surface area (Å²) in [6.07, 6.45) is 2.09. The molecule has 1 heterocycles. The van der Waals surface area contributed by atoms with E-state index in [1.807, 2.05) is 4.90 Å². The lowest BCUT2D eigenvalue weighted by atomic mass is 10.1. The van der Waals surface area contributed by atoms with Crippen LogP contribution < -0.4 is 14.4 Å². The Balaban J connectivity index is 2.18. The number of benzene rings is 1. The molecule has 6 heteroatoms. The second-order valence-electron chi connectivity index (χ2n) is 6.27. The summed E-state index contributed by atoms with van der Waals surface area (Å²) in [6, 6.07) is 5.34. The molecule has 1 atom stereocenters. The van der Waals surface area contributed by atoms with Gasteiger partial charge in [0.1, 0.15) is 11.5 Å². The van der Waals surface area contributed by atoms with Crippen molar-refractivity contribution in [1.29, 1.82) is 0 Å². The number of anilines is 1. The molecule has 1 aliphatic heterocycles. The molecule has 1 aromatic rings. The molecule has 0 radical (unpaired) electrons. The van der Waals surface area contributed by atoms with E-state index in [9.17, 15) is 9.59 Å². The number of hydrogen-bond acceptors (Lipinski definition) is 4. The molecule has 0 spiro atoms. The minimum atomic E-state index is -0.294. The monoisotopic (exact) mass is 348 g/mol. The van der Waals surface area contributed by atoms with Crippen LogP contribution in [0.3, 0.4) is 0 Å². The molecule has 0 bridgehead atoms. The van der Waals surface area contributed by atoms with E-state index in [1.165, 1.54) is 0 Å². The smallest absolute Gasteiger partial charge is 0.228 e. The Morgan fingerprint density at radius 3 is 2.44 bits per heavy atom. The van der Waals surface area contributed by atoms with Crippen molar-refractivity contribution in [2.75, 3.05) is 38.8 Å². The average molecular weight is 348 g/mol. The fourth-order valence-electron chi connectivity index (χ4n) is 3.24. The highest BCUT2D eigenvalue weighted by Crippen LogP contribution is 2.36. The maximum atomic E-state index is 12.8. The van der Waals surface area contributed by atoms with Gasteiger partial charge in [0.2, 0.25) is 11.8 Å². The lowest BCUT2D eigenvalue weighted by molar-refractivity contribution is -0.135. The molecule has 1 unspecified atom stereocenters. The number of amides is 2. The van der Waals surface area contributed by atoms with E-state index < -0.39 is 0 Å². The lowest BCUT2D eigenvalue weighted by Crippen LogP contribution is -2.38. The number of carbonyl (C=O) groups is 2. The van der Waals surface area contributed by atoms with E-state index in [1.54, 1.807) is 37.3 Å². The first-order chi connectivity index (χ1) is 12.0. The second kappa shape index (κ2) is 8.74. The quantitative estimate of drug-likeness (QED) is 0.725. The third-order valence-electron chi connectivity index (χ3n) is 4.45. The van der Waals surface area contributed by atoms with Crippen LogP contribution >= 0.6 is 0 Å². The summed E-state index contributed by atoms with van der Waals surface area (Å²) in [5.74, 6) is 0.968. The van der Waals surface area contributed by atoms with Gasteiger partial charge in [0.15, 0.2) is 0 Å². The molecular formula is C19H28N2O4. The van der Waals surface area contributed by atoms with E-state index in [2.05, 4.69) is 13.8 Å². The Bertz CT molecular complexity index is 611. The highest BCUT2D eigenvalue weighted by molar-refractivity contribution is 6.01. The van der Waals surface area contributed by atoms with Gasteiger partial charge in [-0.25, -0.2) is 0 Å². The van der Waals surface area contributed by atoms with Crippen LogP contribution in [0.25, 0.3) is 0 Å². The van der Waals surface area contributed by atoms with Gasteiger partial charge in [-0.3, -0.25) is 9.59 Å². The third-order valence-corrected chi connectivity index (χ3v) is 4.45. The van der Waals surface area contributed by atoms with E-state index >= 15 is 0 Å². The zero-order chi connectivity index (χ0) is 18.4. The van der Waals surface area contributed by atoms with Gasteiger partial charge in [0.25, 0.3) is 0 Å². The van der Waals surface area contributed by atoms with Crippen molar-refractivity contribution in [3.05, 3.63) is 18.2 Å². The van der Waals surface area contributed by atoms with Gasteiger partial charge < -0.3 is 19.3 Å². The Labute approximate surface area is 149 Å². The third kappa shape index (κ3) is 4.24. The summed E-state index contributed by atoms with van der Waals surface area (Å²) < 4.78 is 10.6. The average Bonchev–Trinajstić information content (AvgIpc) is 3.01. The number of hydrogen-bond donors (Lipinski definition) is 0. The van der Waals surface area contributed by atoms with Crippen LogP contribution in [0.4, 0.5) is 5.69 Å². The normalized spacial score (nSPS) is 16.9. The van der Waals surface area contributed by atoms with Crippen LogP contribution in [0.5, 0.6) is 11.5 Å². The summed E-state index contributed by atoms with van der Waals surface area (Å²) in [7, 11) is 3.14. The molecule has 2 amide bonds. The van der Waals surface area contributed by atoms with Crippen LogP contribution in [0, 0.1) is 5.92 Å². The Kier molecular flexibility index (Phi) is 6.67. The van der Waals surface area contributed by atoms with E-state index in [0.717, 1.165) is 25.9 Å². The fraction of sp³-hybridized carbons (Fsp3) is 0.579. The Morgan fingerprint density at radius 1 is 1.20 bits per heavy atom. The fourth-order valence-corrected chi connectivity index (χ4v) is 3.24. The maximum absolute atomic E-state index is 12.8. The van der Waals surface area contributed by atoms with E-state index in [0.29, 0.717) is 23.7 Å². The van der Waals surface area contributed by atoms with Crippen molar-refractivity contribution in [2.24, 2.45) is 5.92 Å². The van der Waals surface area contributed by atoms with Gasteiger partial charge in [-0.05, 0) is 25.0 Å². The molecule has 0 N–H and O–H groups in total. The number of nitrogens with zero attached hydrogens (tertiary/aromatic N) is 2. The molecule has 1 aromatic carbocycles. The van der Waals surface area contributed by atoms with Crippen molar-refractivity contribution in [2.45, 2.75) is 33.1 Å². The minimum absolute atomic E-state index is 0.0465. The van der Waals surface area contributed by atoms with Crippen molar-refractivity contribution in [3.8, 4) is 11.5 Å². The summed E-state index contributed by atoms with van der Waals surface area (Å²) in [6.45, 7) is 5.99. The van der Waals surface area contributed by atoms with Crippen molar-refractivity contribution in [3.63, 3.8) is 0 Å². The van der Waals surface area contributed by atoms with Gasteiger partial charge in [0.05, 0.1) is 25.8 Å². The van der Waals surface area contributed by atoms with Crippen LogP contribution in [0.15, 0.2) is 18.2 Å². The number of ether oxygens (including phenoxy) is 2. The topological polar surface area (TPSA) is 59.1 Å². The SMILES string of the molecule is CCCN(CCC)C(=O)C1CC(=O)N(c2ccc(OC)cc2OC)C1. The summed E-state index contributed by atoms with van der Waals surface area (Å²) in [5.41, 5.74) is 0.682. The predicted octanol–water partition coefficient (Wildman–Crippen LogP) is 2.71. The van der Waals surface area contributed by atoms with Crippen LogP contribution in [0.2, 0.25) is 0 Å². The molecule has 25 heavy (non-hydrogen) atoms. The Morgan fingerprint density at radius 2 is 1.88 bits per heavy atom. The lowest BCUT2D eigenvalue weighted by Gasteiger charge is -2.25. The number of carbonyl (C=O) groups excluding carboxylic acids is 2. The van der Waals surface area contributed by atoms with Gasteiger partial charge in [0, 0.05) is 32.1 Å². The van der Waals surface area contributed by atoms with E-state index in [-0.39, 0.29) is 24.2 Å². The van der Waals surface area contributed by atoms with Crippen molar-refractivity contribution < 1.29 is 19.1 Å². The van der Waals surface area contributed by atoms with Crippen LogP contribution in [-0.4, -0.2) is 50.6 Å². The molecule has 0 aliphatic carbocycles. The highest BCUT2D eigenvalue weighted by atomic mass is 16.5. The minimum Gasteiger partial charge on any atom is -0.497 e. The predicted molar refractivity (Wildman–Crippen MR) is 97.2 cm³/mol. The second-order valence-corrected chi connectivity index (χ2v) is 6.27. The van der Waals surface area contributed by atoms with Crippen LogP contribution in [0.1, 0.15) is 33.1 Å². The molecule has 0 aromatic heterocycles. The molecule has 138 valence electrons. The van der Waals surface area contributed by atoms with Crippen molar-refractivity contribution >= 4 is 17.5 Å². The van der Waals surface area contributed by atoms with Crippen LogP contribution in [-0.2, 0) is 9.59 Å². The van der Waals surface area contributed by atoms with Crippen molar-refractivity contribution in [1.82, 2.24) is 4.90 Å². The number of methoxy groups -OCH3 is 2. The molecule has 1 aliphatic rings. The molecular weight excluding hydrogens is 320 g/mol.